The van der Waals surface area contributed by atoms with E-state index in [4.69, 9.17) is 39.5 Å². The summed E-state index contributed by atoms with van der Waals surface area (Å²) >= 11 is 18.3. The summed E-state index contributed by atoms with van der Waals surface area (Å²) in [6.07, 6.45) is 5.02. The molecule has 1 N–H and O–H groups in total. The fourth-order valence-electron chi connectivity index (χ4n) is 2.52. The molecule has 130 valence electrons. The van der Waals surface area contributed by atoms with Crippen molar-refractivity contribution in [3.05, 3.63) is 81.8 Å². The summed E-state index contributed by atoms with van der Waals surface area (Å²) in [5.74, 6) is 0.557. The third-order valence-electron chi connectivity index (χ3n) is 3.71. The number of rotatable bonds is 6. The number of imidazole rings is 1. The highest BCUT2D eigenvalue weighted by molar-refractivity contribution is 6.35. The second-order valence-corrected chi connectivity index (χ2v) is 6.92. The molecule has 0 aliphatic rings. The summed E-state index contributed by atoms with van der Waals surface area (Å²) in [5.41, 5.74) is -0.862. The maximum Gasteiger partial charge on any atom is 0.143 e. The van der Waals surface area contributed by atoms with E-state index in [0.29, 0.717) is 26.4 Å². The molecule has 1 atom stereocenters. The zero-order chi connectivity index (χ0) is 17.9. The van der Waals surface area contributed by atoms with Gasteiger partial charge in [0.25, 0.3) is 0 Å². The summed E-state index contributed by atoms with van der Waals surface area (Å²) in [6.45, 7) is 0.196. The van der Waals surface area contributed by atoms with Crippen LogP contribution in [0.3, 0.4) is 0 Å². The molecule has 0 amide bonds. The summed E-state index contributed by atoms with van der Waals surface area (Å²) < 4.78 is 7.54. The Hall–Kier alpha value is -1.72. The summed E-state index contributed by atoms with van der Waals surface area (Å²) in [4.78, 5) is 4.01. The molecule has 0 saturated carbocycles. The number of nitrogens with zero attached hydrogens (tertiary/aromatic N) is 2. The molecule has 25 heavy (non-hydrogen) atoms. The molecule has 0 spiro atoms. The van der Waals surface area contributed by atoms with E-state index in [0.717, 1.165) is 0 Å². The van der Waals surface area contributed by atoms with Crippen LogP contribution in [0.15, 0.2) is 61.2 Å². The second-order valence-electron chi connectivity index (χ2n) is 5.64. The Labute approximate surface area is 160 Å². The molecule has 3 aromatic rings. The van der Waals surface area contributed by atoms with Crippen molar-refractivity contribution in [1.29, 1.82) is 0 Å². The number of aromatic nitrogens is 2. The molecule has 0 aliphatic heterocycles. The van der Waals surface area contributed by atoms with E-state index >= 15 is 0 Å². The first-order valence-corrected chi connectivity index (χ1v) is 8.62. The molecule has 2 aromatic carbocycles. The Morgan fingerprint density at radius 2 is 1.88 bits per heavy atom. The van der Waals surface area contributed by atoms with E-state index in [9.17, 15) is 5.11 Å². The van der Waals surface area contributed by atoms with Gasteiger partial charge in [0.15, 0.2) is 0 Å². The lowest BCUT2D eigenvalue weighted by molar-refractivity contribution is -0.0242. The number of aliphatic hydroxyl groups is 1. The number of hydrogen-bond donors (Lipinski definition) is 1. The van der Waals surface area contributed by atoms with Gasteiger partial charge >= 0.3 is 0 Å². The molecule has 0 aliphatic carbocycles. The topological polar surface area (TPSA) is 47.3 Å². The first kappa shape index (κ1) is 18.1. The molecule has 4 nitrogen and oxygen atoms in total. The quantitative estimate of drug-likeness (QED) is 0.649. The Morgan fingerprint density at radius 3 is 2.56 bits per heavy atom. The van der Waals surface area contributed by atoms with Crippen LogP contribution in [0.25, 0.3) is 0 Å². The molecule has 1 unspecified atom stereocenters. The molecule has 1 heterocycles. The third-order valence-corrected chi connectivity index (χ3v) is 4.49. The Morgan fingerprint density at radius 1 is 1.08 bits per heavy atom. The van der Waals surface area contributed by atoms with Gasteiger partial charge in [-0.05, 0) is 30.3 Å². The average molecular weight is 398 g/mol. The van der Waals surface area contributed by atoms with Crippen molar-refractivity contribution >= 4 is 34.8 Å². The van der Waals surface area contributed by atoms with Crippen LogP contribution >= 0.6 is 34.8 Å². The maximum absolute atomic E-state index is 11.3. The predicted molar refractivity (Wildman–Crippen MR) is 99.5 cm³/mol. The van der Waals surface area contributed by atoms with Gasteiger partial charge in [0, 0.05) is 33.0 Å². The van der Waals surface area contributed by atoms with E-state index in [1.165, 1.54) is 0 Å². The molecule has 0 bridgehead atoms. The van der Waals surface area contributed by atoms with Crippen LogP contribution in [0.1, 0.15) is 5.56 Å². The van der Waals surface area contributed by atoms with Crippen LogP contribution in [0, 0.1) is 0 Å². The van der Waals surface area contributed by atoms with Gasteiger partial charge < -0.3 is 14.4 Å². The van der Waals surface area contributed by atoms with Crippen LogP contribution in [-0.2, 0) is 12.1 Å². The highest BCUT2D eigenvalue weighted by Gasteiger charge is 2.33. The number of benzene rings is 2. The van der Waals surface area contributed by atoms with Gasteiger partial charge in [-0.3, -0.25) is 0 Å². The number of ether oxygens (including phenoxy) is 1. The largest absolute Gasteiger partial charge is 0.490 e. The number of halogens is 3. The van der Waals surface area contributed by atoms with Crippen molar-refractivity contribution in [2.24, 2.45) is 0 Å². The molecular formula is C18H15Cl3N2O2. The van der Waals surface area contributed by atoms with Gasteiger partial charge in [0.1, 0.15) is 18.0 Å². The van der Waals surface area contributed by atoms with Gasteiger partial charge in [0.2, 0.25) is 0 Å². The standard InChI is InChI=1S/C18H15Cl3N2O2/c19-13-2-1-3-15(8-13)25-11-18(24,10-23-7-6-22-12-23)16-5-4-14(20)9-17(16)21/h1-9,12,24H,10-11H2. The van der Waals surface area contributed by atoms with Crippen molar-refractivity contribution < 1.29 is 9.84 Å². The Balaban J connectivity index is 1.90. The van der Waals surface area contributed by atoms with Crippen molar-refractivity contribution in [2.45, 2.75) is 12.1 Å². The van der Waals surface area contributed by atoms with Crippen LogP contribution < -0.4 is 4.74 Å². The first-order valence-electron chi connectivity index (χ1n) is 7.48. The van der Waals surface area contributed by atoms with Crippen LogP contribution in [0.2, 0.25) is 15.1 Å². The van der Waals surface area contributed by atoms with E-state index in [1.807, 2.05) is 0 Å². The molecule has 0 fully saturated rings. The van der Waals surface area contributed by atoms with Crippen molar-refractivity contribution in [3.8, 4) is 5.75 Å². The lowest BCUT2D eigenvalue weighted by Gasteiger charge is -2.30. The highest BCUT2D eigenvalue weighted by atomic mass is 35.5. The summed E-state index contributed by atoms with van der Waals surface area (Å²) in [7, 11) is 0. The van der Waals surface area contributed by atoms with Crippen molar-refractivity contribution in [1.82, 2.24) is 9.55 Å². The summed E-state index contributed by atoms with van der Waals surface area (Å²) in [6, 6.07) is 12.0. The molecule has 7 heteroatoms. The minimum atomic E-state index is -1.38. The second kappa shape index (κ2) is 7.67. The molecule has 3 rings (SSSR count). The Kier molecular flexibility index (Phi) is 5.54. The SMILES string of the molecule is OC(COc1cccc(Cl)c1)(Cn1ccnc1)c1ccc(Cl)cc1Cl. The van der Waals surface area contributed by atoms with E-state index < -0.39 is 5.60 Å². The molecule has 0 saturated heterocycles. The summed E-state index contributed by atoms with van der Waals surface area (Å²) in [5, 5.41) is 12.7. The van der Waals surface area contributed by atoms with Gasteiger partial charge in [-0.2, -0.15) is 0 Å². The van der Waals surface area contributed by atoms with Crippen molar-refractivity contribution in [2.75, 3.05) is 6.61 Å². The lowest BCUT2D eigenvalue weighted by atomic mass is 9.94. The third kappa shape index (κ3) is 4.47. The molecule has 0 radical (unpaired) electrons. The van der Waals surface area contributed by atoms with E-state index in [-0.39, 0.29) is 13.2 Å². The molecule has 1 aromatic heterocycles. The maximum atomic E-state index is 11.3. The van der Waals surface area contributed by atoms with Gasteiger partial charge in [-0.1, -0.05) is 46.9 Å². The minimum absolute atomic E-state index is 0.0210. The van der Waals surface area contributed by atoms with E-state index in [2.05, 4.69) is 4.98 Å². The number of hydrogen-bond acceptors (Lipinski definition) is 3. The highest BCUT2D eigenvalue weighted by Crippen LogP contribution is 2.33. The van der Waals surface area contributed by atoms with Gasteiger partial charge in [-0.15, -0.1) is 0 Å². The zero-order valence-corrected chi connectivity index (χ0v) is 15.3. The fourth-order valence-corrected chi connectivity index (χ4v) is 3.28. The van der Waals surface area contributed by atoms with E-state index in [1.54, 1.807) is 65.8 Å². The minimum Gasteiger partial charge on any atom is -0.490 e. The monoisotopic (exact) mass is 396 g/mol. The van der Waals surface area contributed by atoms with Crippen LogP contribution in [0.5, 0.6) is 5.75 Å². The van der Waals surface area contributed by atoms with Gasteiger partial charge in [0.05, 0.1) is 12.9 Å². The normalized spacial score (nSPS) is 13.4. The van der Waals surface area contributed by atoms with Crippen LogP contribution in [0.4, 0.5) is 0 Å². The lowest BCUT2D eigenvalue weighted by Crippen LogP contribution is -2.38. The smallest absolute Gasteiger partial charge is 0.143 e. The predicted octanol–water partition coefficient (Wildman–Crippen LogP) is 4.81. The van der Waals surface area contributed by atoms with Crippen molar-refractivity contribution in [3.63, 3.8) is 0 Å². The first-order chi connectivity index (χ1) is 12.0. The average Bonchev–Trinajstić information content (AvgIpc) is 3.05. The zero-order valence-electron chi connectivity index (χ0n) is 13.1. The Bertz CT molecular complexity index is 855. The fraction of sp³-hybridized carbons (Fsp3) is 0.167. The van der Waals surface area contributed by atoms with Gasteiger partial charge in [-0.25, -0.2) is 4.98 Å². The van der Waals surface area contributed by atoms with Crippen LogP contribution in [-0.4, -0.2) is 21.3 Å². The molecular weight excluding hydrogens is 383 g/mol.